The van der Waals surface area contributed by atoms with Crippen LogP contribution in [0.1, 0.15) is 24.0 Å². The molecule has 4 rings (SSSR count). The van der Waals surface area contributed by atoms with Gasteiger partial charge in [-0.2, -0.15) is 0 Å². The maximum Gasteiger partial charge on any atom is 0.130 e. The molecule has 1 aliphatic rings. The summed E-state index contributed by atoms with van der Waals surface area (Å²) in [5, 5.41) is 15.2. The average Bonchev–Trinajstić information content (AvgIpc) is 3.24. The molecule has 1 heterocycles. The van der Waals surface area contributed by atoms with Crippen molar-refractivity contribution in [2.75, 3.05) is 6.54 Å². The van der Waals surface area contributed by atoms with E-state index in [0.717, 1.165) is 30.5 Å². The number of rotatable bonds is 4. The van der Waals surface area contributed by atoms with E-state index in [0.29, 0.717) is 0 Å². The molecule has 0 bridgehead atoms. The van der Waals surface area contributed by atoms with Crippen molar-refractivity contribution in [3.63, 3.8) is 0 Å². The second kappa shape index (κ2) is 6.83. The van der Waals surface area contributed by atoms with Crippen molar-refractivity contribution in [3.8, 4) is 11.1 Å². The Morgan fingerprint density at radius 3 is 1.88 bits per heavy atom. The molecule has 0 amide bonds. The van der Waals surface area contributed by atoms with Crippen LogP contribution < -0.4 is 5.32 Å². The van der Waals surface area contributed by atoms with Gasteiger partial charge in [0.05, 0.1) is 0 Å². The maximum absolute atomic E-state index is 11.8. The molecule has 0 aromatic heterocycles. The molecule has 2 nitrogen and oxygen atoms in total. The predicted octanol–water partition coefficient (Wildman–Crippen LogP) is 4.34. The fraction of sp³-hybridized carbons (Fsp3) is 0.217. The first-order valence-corrected chi connectivity index (χ1v) is 8.96. The number of hydrogen-bond acceptors (Lipinski definition) is 2. The zero-order chi connectivity index (χ0) is 17.1. The van der Waals surface area contributed by atoms with Gasteiger partial charge in [0, 0.05) is 6.04 Å². The van der Waals surface area contributed by atoms with Gasteiger partial charge in [-0.1, -0.05) is 84.9 Å². The Bertz CT molecular complexity index is 808. The van der Waals surface area contributed by atoms with Crippen LogP contribution in [0.5, 0.6) is 0 Å². The van der Waals surface area contributed by atoms with Crippen molar-refractivity contribution in [2.24, 2.45) is 0 Å². The topological polar surface area (TPSA) is 32.3 Å². The molecule has 0 spiro atoms. The Balaban J connectivity index is 1.75. The Morgan fingerprint density at radius 2 is 1.28 bits per heavy atom. The highest BCUT2D eigenvalue weighted by Crippen LogP contribution is 2.37. The molecule has 1 unspecified atom stereocenters. The van der Waals surface area contributed by atoms with Crippen molar-refractivity contribution in [1.82, 2.24) is 5.32 Å². The minimum Gasteiger partial charge on any atom is -0.379 e. The maximum atomic E-state index is 11.8. The van der Waals surface area contributed by atoms with Crippen LogP contribution >= 0.6 is 0 Å². The molecule has 0 aliphatic carbocycles. The number of nitrogens with one attached hydrogen (secondary N) is 1. The standard InChI is InChI=1S/C23H23NO/c25-23(22-12-7-17-24-22,20-10-5-2-6-11-20)21-15-13-19(14-16-21)18-8-3-1-4-9-18/h1-6,8-11,13-16,22,24-25H,7,12,17H2/t22?,23-/m0/s1. The van der Waals surface area contributed by atoms with Crippen LogP contribution in [0.25, 0.3) is 11.1 Å². The van der Waals surface area contributed by atoms with Crippen molar-refractivity contribution in [3.05, 3.63) is 96.1 Å². The van der Waals surface area contributed by atoms with E-state index >= 15 is 0 Å². The molecule has 2 atom stereocenters. The van der Waals surface area contributed by atoms with E-state index in [-0.39, 0.29) is 6.04 Å². The van der Waals surface area contributed by atoms with Gasteiger partial charge in [-0.15, -0.1) is 0 Å². The molecule has 126 valence electrons. The zero-order valence-corrected chi connectivity index (χ0v) is 14.2. The first-order chi connectivity index (χ1) is 12.3. The molecule has 1 saturated heterocycles. The minimum atomic E-state index is -1.01. The summed E-state index contributed by atoms with van der Waals surface area (Å²) >= 11 is 0. The monoisotopic (exact) mass is 329 g/mol. The van der Waals surface area contributed by atoms with E-state index in [1.165, 1.54) is 11.1 Å². The summed E-state index contributed by atoms with van der Waals surface area (Å²) in [5.41, 5.74) is 3.24. The zero-order valence-electron chi connectivity index (χ0n) is 14.2. The number of benzene rings is 3. The fourth-order valence-corrected chi connectivity index (χ4v) is 3.85. The molecule has 2 heteroatoms. The van der Waals surface area contributed by atoms with Gasteiger partial charge in [-0.3, -0.25) is 0 Å². The van der Waals surface area contributed by atoms with Crippen LogP contribution in [0, 0.1) is 0 Å². The Hall–Kier alpha value is -2.42. The van der Waals surface area contributed by atoms with Crippen molar-refractivity contribution in [1.29, 1.82) is 0 Å². The highest BCUT2D eigenvalue weighted by Gasteiger charge is 2.41. The predicted molar refractivity (Wildman–Crippen MR) is 102 cm³/mol. The molecule has 1 fully saturated rings. The van der Waals surface area contributed by atoms with E-state index in [4.69, 9.17) is 0 Å². The molecular weight excluding hydrogens is 306 g/mol. The SMILES string of the molecule is O[C@@](c1ccccc1)(c1ccc(-c2ccccc2)cc1)C1CCCN1. The quantitative estimate of drug-likeness (QED) is 0.746. The first kappa shape index (κ1) is 16.1. The Labute approximate surface area is 149 Å². The highest BCUT2D eigenvalue weighted by atomic mass is 16.3. The van der Waals surface area contributed by atoms with Crippen LogP contribution in [0.2, 0.25) is 0 Å². The summed E-state index contributed by atoms with van der Waals surface area (Å²) in [6, 6.07) is 28.7. The lowest BCUT2D eigenvalue weighted by Gasteiger charge is -2.35. The molecule has 0 radical (unpaired) electrons. The molecular formula is C23H23NO. The van der Waals surface area contributed by atoms with E-state index in [2.05, 4.69) is 41.7 Å². The van der Waals surface area contributed by atoms with E-state index in [9.17, 15) is 5.11 Å². The lowest BCUT2D eigenvalue weighted by Crippen LogP contribution is -2.46. The van der Waals surface area contributed by atoms with Crippen LogP contribution in [0.4, 0.5) is 0 Å². The third-order valence-electron chi connectivity index (χ3n) is 5.21. The van der Waals surface area contributed by atoms with Crippen molar-refractivity contribution in [2.45, 2.75) is 24.5 Å². The van der Waals surface area contributed by atoms with Gasteiger partial charge in [-0.05, 0) is 41.6 Å². The number of aliphatic hydroxyl groups is 1. The second-order valence-corrected chi connectivity index (χ2v) is 6.72. The van der Waals surface area contributed by atoms with Gasteiger partial charge in [0.2, 0.25) is 0 Å². The van der Waals surface area contributed by atoms with Gasteiger partial charge in [0.15, 0.2) is 0 Å². The van der Waals surface area contributed by atoms with E-state index in [1.807, 2.05) is 48.5 Å². The highest BCUT2D eigenvalue weighted by molar-refractivity contribution is 5.64. The summed E-state index contributed by atoms with van der Waals surface area (Å²) in [5.74, 6) is 0. The van der Waals surface area contributed by atoms with Crippen molar-refractivity contribution < 1.29 is 5.11 Å². The first-order valence-electron chi connectivity index (χ1n) is 8.96. The Kier molecular flexibility index (Phi) is 4.39. The van der Waals surface area contributed by atoms with Gasteiger partial charge in [-0.25, -0.2) is 0 Å². The molecule has 1 aliphatic heterocycles. The summed E-state index contributed by atoms with van der Waals surface area (Å²) in [7, 11) is 0. The molecule has 0 saturated carbocycles. The smallest absolute Gasteiger partial charge is 0.130 e. The van der Waals surface area contributed by atoms with Crippen LogP contribution in [-0.4, -0.2) is 17.7 Å². The van der Waals surface area contributed by atoms with Gasteiger partial charge in [0.1, 0.15) is 5.60 Å². The Morgan fingerprint density at radius 1 is 0.720 bits per heavy atom. The normalized spacial score (nSPS) is 19.5. The van der Waals surface area contributed by atoms with E-state index in [1.54, 1.807) is 0 Å². The minimum absolute atomic E-state index is 0.0393. The summed E-state index contributed by atoms with van der Waals surface area (Å²) < 4.78 is 0. The molecule has 3 aromatic carbocycles. The lowest BCUT2D eigenvalue weighted by molar-refractivity contribution is 0.0443. The summed E-state index contributed by atoms with van der Waals surface area (Å²) in [6.07, 6.45) is 2.08. The summed E-state index contributed by atoms with van der Waals surface area (Å²) in [4.78, 5) is 0. The molecule has 2 N–H and O–H groups in total. The largest absolute Gasteiger partial charge is 0.379 e. The number of hydrogen-bond donors (Lipinski definition) is 2. The third-order valence-corrected chi connectivity index (χ3v) is 5.21. The van der Waals surface area contributed by atoms with Crippen LogP contribution in [-0.2, 0) is 5.60 Å². The second-order valence-electron chi connectivity index (χ2n) is 6.72. The average molecular weight is 329 g/mol. The lowest BCUT2D eigenvalue weighted by atomic mass is 9.79. The van der Waals surface area contributed by atoms with E-state index < -0.39 is 5.60 Å². The van der Waals surface area contributed by atoms with Gasteiger partial charge in [0.25, 0.3) is 0 Å². The molecule has 3 aromatic rings. The van der Waals surface area contributed by atoms with Gasteiger partial charge < -0.3 is 10.4 Å². The molecule has 25 heavy (non-hydrogen) atoms. The van der Waals surface area contributed by atoms with Crippen molar-refractivity contribution >= 4 is 0 Å². The fourth-order valence-electron chi connectivity index (χ4n) is 3.85. The van der Waals surface area contributed by atoms with Gasteiger partial charge >= 0.3 is 0 Å². The third kappa shape index (κ3) is 2.99. The summed E-state index contributed by atoms with van der Waals surface area (Å²) in [6.45, 7) is 0.960. The van der Waals surface area contributed by atoms with Crippen LogP contribution in [0.15, 0.2) is 84.9 Å². The van der Waals surface area contributed by atoms with Crippen LogP contribution in [0.3, 0.4) is 0 Å².